The van der Waals surface area contributed by atoms with Gasteiger partial charge in [0.05, 0.1) is 5.69 Å². The Morgan fingerprint density at radius 2 is 2.05 bits per heavy atom. The molecule has 5 nitrogen and oxygen atoms in total. The van der Waals surface area contributed by atoms with Gasteiger partial charge in [0, 0.05) is 18.9 Å². The van der Waals surface area contributed by atoms with Gasteiger partial charge in [-0.05, 0) is 30.9 Å². The van der Waals surface area contributed by atoms with Gasteiger partial charge in [0.1, 0.15) is 4.90 Å². The molecule has 108 valence electrons. The fraction of sp³-hybridized carbons (Fsp3) is 0.583. The van der Waals surface area contributed by atoms with Crippen molar-refractivity contribution in [3.05, 3.63) is 18.5 Å². The van der Waals surface area contributed by atoms with Crippen LogP contribution in [-0.4, -0.2) is 32.0 Å². The number of hydrogen-bond acceptors (Lipinski definition) is 5. The van der Waals surface area contributed by atoms with Crippen molar-refractivity contribution < 1.29 is 8.42 Å². The lowest BCUT2D eigenvalue weighted by molar-refractivity contribution is 0.574. The minimum absolute atomic E-state index is 0.0531. The molecule has 19 heavy (non-hydrogen) atoms. The minimum atomic E-state index is -3.53. The van der Waals surface area contributed by atoms with Gasteiger partial charge in [-0.15, -0.1) is 0 Å². The summed E-state index contributed by atoms with van der Waals surface area (Å²) < 4.78 is 26.5. The predicted octanol–water partition coefficient (Wildman–Crippen LogP) is 1.87. The molecule has 1 aromatic heterocycles. The van der Waals surface area contributed by atoms with Crippen molar-refractivity contribution in [1.29, 1.82) is 0 Å². The van der Waals surface area contributed by atoms with Gasteiger partial charge in [0.15, 0.2) is 0 Å². The van der Waals surface area contributed by atoms with E-state index in [2.05, 4.69) is 16.0 Å². The first kappa shape index (κ1) is 16.3. The summed E-state index contributed by atoms with van der Waals surface area (Å²) in [6.45, 7) is 0.440. The Hall–Kier alpha value is -0.790. The molecule has 1 heterocycles. The molecule has 0 aliphatic heterocycles. The summed E-state index contributed by atoms with van der Waals surface area (Å²) in [6.07, 6.45) is 9.03. The monoisotopic (exact) mass is 303 g/mol. The number of pyridine rings is 1. The number of hydrogen-bond donors (Lipinski definition) is 2. The highest BCUT2D eigenvalue weighted by Gasteiger charge is 2.16. The van der Waals surface area contributed by atoms with Crippen molar-refractivity contribution >= 4 is 27.5 Å². The molecule has 0 unspecified atom stereocenters. The second kappa shape index (κ2) is 8.39. The van der Waals surface area contributed by atoms with Crippen LogP contribution in [0.2, 0.25) is 0 Å². The normalized spacial score (nSPS) is 11.6. The third-order valence-electron chi connectivity index (χ3n) is 2.67. The van der Waals surface area contributed by atoms with Crippen LogP contribution < -0.4 is 10.5 Å². The van der Waals surface area contributed by atoms with Crippen molar-refractivity contribution in [3.8, 4) is 0 Å². The smallest absolute Gasteiger partial charge is 0.244 e. The Morgan fingerprint density at radius 1 is 1.32 bits per heavy atom. The summed E-state index contributed by atoms with van der Waals surface area (Å²) in [6, 6.07) is 1.48. The van der Waals surface area contributed by atoms with E-state index in [-0.39, 0.29) is 10.6 Å². The Kier molecular flexibility index (Phi) is 7.19. The van der Waals surface area contributed by atoms with E-state index in [0.29, 0.717) is 6.54 Å². The van der Waals surface area contributed by atoms with Crippen molar-refractivity contribution in [2.75, 3.05) is 24.3 Å². The van der Waals surface area contributed by atoms with E-state index in [4.69, 9.17) is 5.73 Å². The Labute approximate surface area is 119 Å². The molecule has 1 aromatic rings. The fourth-order valence-electron chi connectivity index (χ4n) is 1.62. The maximum Gasteiger partial charge on any atom is 0.244 e. The number of thioether (sulfide) groups is 1. The van der Waals surface area contributed by atoms with Crippen LogP contribution in [0.4, 0.5) is 5.69 Å². The molecular weight excluding hydrogens is 282 g/mol. The lowest BCUT2D eigenvalue weighted by Gasteiger charge is -2.08. The van der Waals surface area contributed by atoms with Crippen LogP contribution in [-0.2, 0) is 10.0 Å². The van der Waals surface area contributed by atoms with Crippen molar-refractivity contribution in [2.24, 2.45) is 0 Å². The maximum atomic E-state index is 12.0. The summed E-state index contributed by atoms with van der Waals surface area (Å²) in [5.41, 5.74) is 5.85. The van der Waals surface area contributed by atoms with Gasteiger partial charge in [-0.2, -0.15) is 11.8 Å². The van der Waals surface area contributed by atoms with Gasteiger partial charge in [-0.1, -0.05) is 12.8 Å². The van der Waals surface area contributed by atoms with Crippen LogP contribution in [0.3, 0.4) is 0 Å². The summed E-state index contributed by atoms with van der Waals surface area (Å²) in [5, 5.41) is 0. The molecular formula is C12H21N3O2S2. The number of anilines is 1. The van der Waals surface area contributed by atoms with Crippen molar-refractivity contribution in [3.63, 3.8) is 0 Å². The largest absolute Gasteiger partial charge is 0.398 e. The van der Waals surface area contributed by atoms with Gasteiger partial charge in [-0.25, -0.2) is 13.1 Å². The molecule has 0 atom stereocenters. The molecule has 0 bridgehead atoms. The molecule has 1 rings (SSSR count). The highest BCUT2D eigenvalue weighted by molar-refractivity contribution is 7.98. The second-order valence-corrected chi connectivity index (χ2v) is 6.94. The number of nitrogens with one attached hydrogen (secondary N) is 1. The number of nitrogens with zero attached hydrogens (tertiary/aromatic N) is 1. The molecule has 0 amide bonds. The number of unbranched alkanes of at least 4 members (excludes halogenated alkanes) is 3. The van der Waals surface area contributed by atoms with Crippen molar-refractivity contribution in [1.82, 2.24) is 9.71 Å². The zero-order valence-corrected chi connectivity index (χ0v) is 12.8. The molecule has 0 saturated heterocycles. The molecule has 0 saturated carbocycles. The van der Waals surface area contributed by atoms with Crippen LogP contribution >= 0.6 is 11.8 Å². The van der Waals surface area contributed by atoms with Gasteiger partial charge >= 0.3 is 0 Å². The van der Waals surface area contributed by atoms with Gasteiger partial charge < -0.3 is 5.73 Å². The molecule has 7 heteroatoms. The first-order valence-electron chi connectivity index (χ1n) is 6.26. The molecule has 0 radical (unpaired) electrons. The molecule has 0 aliphatic carbocycles. The molecule has 3 N–H and O–H groups in total. The summed E-state index contributed by atoms with van der Waals surface area (Å²) in [4.78, 5) is 3.84. The lowest BCUT2D eigenvalue weighted by atomic mass is 10.2. The predicted molar refractivity (Wildman–Crippen MR) is 80.7 cm³/mol. The SMILES string of the molecule is CSCCCCCCNS(=O)(=O)c1cnccc1N. The van der Waals surface area contributed by atoms with Crippen LogP contribution in [0, 0.1) is 0 Å². The van der Waals surface area contributed by atoms with Crippen LogP contribution in [0.25, 0.3) is 0 Å². The minimum Gasteiger partial charge on any atom is -0.398 e. The van der Waals surface area contributed by atoms with E-state index in [1.807, 2.05) is 11.8 Å². The third kappa shape index (κ3) is 5.80. The number of aromatic nitrogens is 1. The Morgan fingerprint density at radius 3 is 2.74 bits per heavy atom. The standard InChI is InChI=1S/C12H21N3O2S2/c1-18-9-5-3-2-4-7-15-19(16,17)12-10-14-8-6-11(12)13/h6,8,10,15H,2-5,7,9H2,1H3,(H2,13,14). The van der Waals surface area contributed by atoms with Crippen molar-refractivity contribution in [2.45, 2.75) is 30.6 Å². The fourth-order valence-corrected chi connectivity index (χ4v) is 3.26. The van der Waals surface area contributed by atoms with E-state index >= 15 is 0 Å². The Balaban J connectivity index is 2.34. The van der Waals surface area contributed by atoms with Crippen LogP contribution in [0.1, 0.15) is 25.7 Å². The van der Waals surface area contributed by atoms with E-state index in [1.165, 1.54) is 24.9 Å². The number of nitrogen functional groups attached to an aromatic ring is 1. The highest BCUT2D eigenvalue weighted by atomic mass is 32.2. The van der Waals surface area contributed by atoms with E-state index in [1.54, 1.807) is 0 Å². The average Bonchev–Trinajstić information content (AvgIpc) is 2.38. The van der Waals surface area contributed by atoms with Gasteiger partial charge in [0.25, 0.3) is 0 Å². The lowest BCUT2D eigenvalue weighted by Crippen LogP contribution is -2.25. The van der Waals surface area contributed by atoms with Crippen LogP contribution in [0.15, 0.2) is 23.4 Å². The maximum absolute atomic E-state index is 12.0. The van der Waals surface area contributed by atoms with Gasteiger partial charge in [0.2, 0.25) is 10.0 Å². The van der Waals surface area contributed by atoms with E-state index in [9.17, 15) is 8.42 Å². The Bertz CT molecular complexity index is 478. The number of sulfonamides is 1. The zero-order valence-electron chi connectivity index (χ0n) is 11.1. The molecule has 0 aliphatic rings. The average molecular weight is 303 g/mol. The number of nitrogens with two attached hydrogens (primary N) is 1. The molecule has 0 fully saturated rings. The molecule has 0 spiro atoms. The zero-order chi connectivity index (χ0) is 14.1. The third-order valence-corrected chi connectivity index (χ3v) is 4.87. The first-order valence-corrected chi connectivity index (χ1v) is 9.13. The molecule has 0 aromatic carbocycles. The second-order valence-electron chi connectivity index (χ2n) is 4.22. The summed E-state index contributed by atoms with van der Waals surface area (Å²) >= 11 is 1.84. The first-order chi connectivity index (χ1) is 9.08. The quantitative estimate of drug-likeness (QED) is 0.680. The summed E-state index contributed by atoms with van der Waals surface area (Å²) in [5.74, 6) is 1.16. The topological polar surface area (TPSA) is 85.1 Å². The van der Waals surface area contributed by atoms with E-state index in [0.717, 1.165) is 25.0 Å². The highest BCUT2D eigenvalue weighted by Crippen LogP contribution is 2.15. The van der Waals surface area contributed by atoms with Gasteiger partial charge in [-0.3, -0.25) is 4.98 Å². The van der Waals surface area contributed by atoms with Crippen LogP contribution in [0.5, 0.6) is 0 Å². The van der Waals surface area contributed by atoms with E-state index < -0.39 is 10.0 Å². The number of rotatable bonds is 9. The summed E-state index contributed by atoms with van der Waals surface area (Å²) in [7, 11) is -3.53.